The fourth-order valence-corrected chi connectivity index (χ4v) is 1.56. The number of anilines is 1. The van der Waals surface area contributed by atoms with Crippen molar-refractivity contribution >= 4 is 23.5 Å². The largest absolute Gasteiger partial charge is 0.478 e. The molecule has 0 radical (unpaired) electrons. The Morgan fingerprint density at radius 3 is 2.65 bits per heavy atom. The zero-order valence-electron chi connectivity index (χ0n) is 12.4. The Bertz CT molecular complexity index is 676. The first-order chi connectivity index (χ1) is 10.9. The molecule has 1 aromatic rings. The topological polar surface area (TPSA) is 131 Å². The maximum atomic E-state index is 11.9. The highest BCUT2D eigenvalue weighted by atomic mass is 16.4. The molecule has 0 bridgehead atoms. The van der Waals surface area contributed by atoms with Gasteiger partial charge in [-0.15, -0.1) is 0 Å². The van der Waals surface area contributed by atoms with Crippen LogP contribution in [0, 0.1) is 11.3 Å². The molecule has 0 aliphatic carbocycles. The van der Waals surface area contributed by atoms with Crippen LogP contribution < -0.4 is 16.0 Å². The van der Waals surface area contributed by atoms with Crippen molar-refractivity contribution in [2.45, 2.75) is 6.92 Å². The summed E-state index contributed by atoms with van der Waals surface area (Å²) in [6.07, 6.45) is 1.23. The maximum absolute atomic E-state index is 11.9. The summed E-state index contributed by atoms with van der Waals surface area (Å²) in [7, 11) is 0. The summed E-state index contributed by atoms with van der Waals surface area (Å²) in [6.45, 7) is 2.09. The molecule has 8 heteroatoms. The number of carboxylic acids is 1. The minimum absolute atomic E-state index is 0.0266. The molecule has 0 atom stereocenters. The lowest BCUT2D eigenvalue weighted by Gasteiger charge is -2.06. The quantitative estimate of drug-likeness (QED) is 0.328. The number of hydrogen-bond acceptors (Lipinski definition) is 5. The number of benzene rings is 1. The van der Waals surface area contributed by atoms with Crippen LogP contribution in [0.15, 0.2) is 36.0 Å². The molecular formula is C15H16N4O4. The van der Waals surface area contributed by atoms with Gasteiger partial charge in [0.05, 0.1) is 5.56 Å². The van der Waals surface area contributed by atoms with Crippen molar-refractivity contribution < 1.29 is 19.5 Å². The zero-order valence-corrected chi connectivity index (χ0v) is 12.4. The van der Waals surface area contributed by atoms with Crippen LogP contribution >= 0.6 is 0 Å². The van der Waals surface area contributed by atoms with Gasteiger partial charge in [0, 0.05) is 31.9 Å². The van der Waals surface area contributed by atoms with E-state index < -0.39 is 11.9 Å². The van der Waals surface area contributed by atoms with E-state index in [4.69, 9.17) is 10.4 Å². The van der Waals surface area contributed by atoms with Gasteiger partial charge in [-0.05, 0) is 18.2 Å². The molecule has 4 N–H and O–H groups in total. The number of nitriles is 1. The van der Waals surface area contributed by atoms with E-state index in [0.717, 1.165) is 0 Å². The van der Waals surface area contributed by atoms with E-state index in [1.54, 1.807) is 6.07 Å². The zero-order chi connectivity index (χ0) is 17.2. The van der Waals surface area contributed by atoms with Gasteiger partial charge in [0.15, 0.2) is 0 Å². The van der Waals surface area contributed by atoms with Gasteiger partial charge in [-0.2, -0.15) is 5.26 Å². The van der Waals surface area contributed by atoms with Crippen molar-refractivity contribution in [3.8, 4) is 6.07 Å². The van der Waals surface area contributed by atoms with E-state index in [0.29, 0.717) is 13.1 Å². The van der Waals surface area contributed by atoms with Crippen LogP contribution in [-0.2, 0) is 9.59 Å². The van der Waals surface area contributed by atoms with Crippen LogP contribution in [0.3, 0.4) is 0 Å². The van der Waals surface area contributed by atoms with Crippen molar-refractivity contribution in [1.29, 1.82) is 5.26 Å². The molecule has 1 aromatic carbocycles. The highest BCUT2D eigenvalue weighted by molar-refractivity contribution is 6.06. The fourth-order valence-electron chi connectivity index (χ4n) is 1.56. The Labute approximate surface area is 132 Å². The Morgan fingerprint density at radius 2 is 2.04 bits per heavy atom. The van der Waals surface area contributed by atoms with Gasteiger partial charge >= 0.3 is 5.97 Å². The first-order valence-corrected chi connectivity index (χ1v) is 6.67. The Morgan fingerprint density at radius 1 is 1.30 bits per heavy atom. The van der Waals surface area contributed by atoms with Gasteiger partial charge in [-0.1, -0.05) is 6.07 Å². The van der Waals surface area contributed by atoms with E-state index in [2.05, 4.69) is 16.0 Å². The summed E-state index contributed by atoms with van der Waals surface area (Å²) >= 11 is 0. The summed E-state index contributed by atoms with van der Waals surface area (Å²) in [4.78, 5) is 33.5. The van der Waals surface area contributed by atoms with E-state index in [-0.39, 0.29) is 22.7 Å². The Balaban J connectivity index is 2.63. The van der Waals surface area contributed by atoms with E-state index >= 15 is 0 Å². The Hall–Kier alpha value is -3.34. The molecule has 0 saturated heterocycles. The number of aromatic carboxylic acids is 1. The molecule has 0 spiro atoms. The predicted octanol–water partition coefficient (Wildman–Crippen LogP) is 0.456. The summed E-state index contributed by atoms with van der Waals surface area (Å²) in [5, 5.41) is 25.6. The third-order valence-corrected chi connectivity index (χ3v) is 2.62. The second kappa shape index (κ2) is 8.84. The van der Waals surface area contributed by atoms with Gasteiger partial charge in [-0.3, -0.25) is 9.59 Å². The monoisotopic (exact) mass is 316 g/mol. The molecule has 0 unspecified atom stereocenters. The lowest BCUT2D eigenvalue weighted by atomic mass is 10.2. The second-order valence-corrected chi connectivity index (χ2v) is 4.45. The van der Waals surface area contributed by atoms with E-state index in [1.165, 1.54) is 37.4 Å². The number of nitrogens with zero attached hydrogens (tertiary/aromatic N) is 1. The third kappa shape index (κ3) is 6.31. The average Bonchev–Trinajstić information content (AvgIpc) is 2.50. The molecule has 120 valence electrons. The van der Waals surface area contributed by atoms with Crippen molar-refractivity contribution in [3.63, 3.8) is 0 Å². The minimum atomic E-state index is -1.11. The molecule has 23 heavy (non-hydrogen) atoms. The van der Waals surface area contributed by atoms with Gasteiger partial charge in [-0.25, -0.2) is 4.79 Å². The van der Waals surface area contributed by atoms with Gasteiger partial charge in [0.25, 0.3) is 5.91 Å². The molecule has 8 nitrogen and oxygen atoms in total. The average molecular weight is 316 g/mol. The first-order valence-electron chi connectivity index (χ1n) is 6.67. The highest BCUT2D eigenvalue weighted by Gasteiger charge is 2.10. The number of carbonyl (C=O) groups is 3. The second-order valence-electron chi connectivity index (χ2n) is 4.45. The smallest absolute Gasteiger partial charge is 0.335 e. The maximum Gasteiger partial charge on any atom is 0.335 e. The van der Waals surface area contributed by atoms with Crippen LogP contribution in [0.5, 0.6) is 0 Å². The van der Waals surface area contributed by atoms with Gasteiger partial charge in [0.2, 0.25) is 5.91 Å². The van der Waals surface area contributed by atoms with Crippen molar-refractivity contribution in [3.05, 3.63) is 41.6 Å². The molecule has 1 rings (SSSR count). The SMILES string of the molecule is CC(=O)NCCN/C=C(/C#N)C(=O)Nc1cccc(C(=O)O)c1. The summed E-state index contributed by atoms with van der Waals surface area (Å²) in [6, 6.07) is 7.43. The molecule has 0 aliphatic heterocycles. The molecule has 0 heterocycles. The number of amides is 2. The van der Waals surface area contributed by atoms with Gasteiger partial charge in [0.1, 0.15) is 11.6 Å². The van der Waals surface area contributed by atoms with Crippen LogP contribution in [0.4, 0.5) is 5.69 Å². The predicted molar refractivity (Wildman–Crippen MR) is 82.4 cm³/mol. The standard InChI is InChI=1S/C15H16N4O4/c1-10(20)18-6-5-17-9-12(8-16)14(21)19-13-4-2-3-11(7-13)15(22)23/h2-4,7,9,17H,5-6H2,1H3,(H,18,20)(H,19,21)(H,22,23)/b12-9-. The van der Waals surface area contributed by atoms with Crippen molar-refractivity contribution in [1.82, 2.24) is 10.6 Å². The molecular weight excluding hydrogens is 300 g/mol. The summed E-state index contributed by atoms with van der Waals surface area (Å²) in [5.41, 5.74) is 0.126. The summed E-state index contributed by atoms with van der Waals surface area (Å²) in [5.74, 6) is -1.95. The first kappa shape index (κ1) is 17.7. The van der Waals surface area contributed by atoms with Crippen LogP contribution in [0.25, 0.3) is 0 Å². The normalized spacial score (nSPS) is 10.3. The lowest BCUT2D eigenvalue weighted by molar-refractivity contribution is -0.119. The van der Waals surface area contributed by atoms with E-state index in [9.17, 15) is 14.4 Å². The van der Waals surface area contributed by atoms with Crippen LogP contribution in [0.1, 0.15) is 17.3 Å². The molecule has 0 aliphatic rings. The van der Waals surface area contributed by atoms with Crippen LogP contribution in [0.2, 0.25) is 0 Å². The highest BCUT2D eigenvalue weighted by Crippen LogP contribution is 2.11. The lowest BCUT2D eigenvalue weighted by Crippen LogP contribution is -2.28. The number of nitrogens with one attached hydrogen (secondary N) is 3. The minimum Gasteiger partial charge on any atom is -0.478 e. The Kier molecular flexibility index (Phi) is 6.81. The number of rotatable bonds is 7. The van der Waals surface area contributed by atoms with E-state index in [1.807, 2.05) is 0 Å². The number of carboxylic acid groups (broad SMARTS) is 1. The van der Waals surface area contributed by atoms with Crippen molar-refractivity contribution in [2.24, 2.45) is 0 Å². The number of hydrogen-bond donors (Lipinski definition) is 4. The van der Waals surface area contributed by atoms with Crippen LogP contribution in [-0.4, -0.2) is 36.0 Å². The van der Waals surface area contributed by atoms with Crippen molar-refractivity contribution in [2.75, 3.05) is 18.4 Å². The molecule has 2 amide bonds. The summed E-state index contributed by atoms with van der Waals surface area (Å²) < 4.78 is 0. The third-order valence-electron chi connectivity index (χ3n) is 2.62. The fraction of sp³-hybridized carbons (Fsp3) is 0.200. The number of carbonyl (C=O) groups excluding carboxylic acids is 2. The molecule has 0 saturated carbocycles. The van der Waals surface area contributed by atoms with Gasteiger partial charge < -0.3 is 21.1 Å². The molecule has 0 aromatic heterocycles. The molecule has 0 fully saturated rings.